The smallest absolute Gasteiger partial charge is 0.334 e. The Balaban J connectivity index is -0.000000255. The second kappa shape index (κ2) is 34.4. The summed E-state index contributed by atoms with van der Waals surface area (Å²) in [5.41, 5.74) is 5.98. The number of rotatable bonds is 5. The number of halogens is 1. The van der Waals surface area contributed by atoms with Crippen LogP contribution >= 0.6 is 17.0 Å². The molecule has 15 heteroatoms. The van der Waals surface area contributed by atoms with Crippen molar-refractivity contribution in [1.29, 1.82) is 0 Å². The molecule has 5 aliphatic heterocycles. The number of hydrazine groups is 1. The third-order valence-corrected chi connectivity index (χ3v) is 7.71. The van der Waals surface area contributed by atoms with Crippen LogP contribution in [0.2, 0.25) is 0 Å². The molecule has 0 spiro atoms. The predicted molar refractivity (Wildman–Crippen MR) is 208 cm³/mol. The number of nitrogens with two attached hydrogens (primary N) is 2. The zero-order valence-electron chi connectivity index (χ0n) is 30.5. The Kier molecular flexibility index (Phi) is 37.7. The summed E-state index contributed by atoms with van der Waals surface area (Å²) in [6, 6.07) is 0.635. The first-order valence-electron chi connectivity index (χ1n) is 16.3. The Bertz CT molecular complexity index is 952. The first kappa shape index (κ1) is 53.7. The molecule has 2 unspecified atom stereocenters. The molecule has 0 radical (unpaired) electrons. The van der Waals surface area contributed by atoms with Gasteiger partial charge < -0.3 is 45.1 Å². The SMILES string of the molecule is Br.C.CCOCC.CN1CCC2NN=CC2C1.CN1CCC=C(C=O)C1.CN1CCC=C(CO)C1.COC(=O)C1=CCCN(C)C1.NN.O. The lowest BCUT2D eigenvalue weighted by atomic mass is 9.95. The van der Waals surface area contributed by atoms with Gasteiger partial charge in [0.2, 0.25) is 0 Å². The van der Waals surface area contributed by atoms with Gasteiger partial charge in [-0.25, -0.2) is 4.79 Å². The van der Waals surface area contributed by atoms with Crippen LogP contribution in [0.4, 0.5) is 0 Å². The predicted octanol–water partition coefficient (Wildman–Crippen LogP) is 1.26. The van der Waals surface area contributed by atoms with E-state index < -0.39 is 0 Å². The summed E-state index contributed by atoms with van der Waals surface area (Å²) in [5, 5.41) is 12.8. The summed E-state index contributed by atoms with van der Waals surface area (Å²) in [6.45, 7) is 14.0. The molecule has 0 aromatic heterocycles. The first-order chi connectivity index (χ1) is 22.2. The molecule has 0 saturated carbocycles. The van der Waals surface area contributed by atoms with Crippen LogP contribution in [-0.4, -0.2) is 162 Å². The molecule has 14 nitrogen and oxygen atoms in total. The highest BCUT2D eigenvalue weighted by Gasteiger charge is 2.28. The minimum atomic E-state index is -0.198. The van der Waals surface area contributed by atoms with Gasteiger partial charge in [0, 0.05) is 82.3 Å². The lowest BCUT2D eigenvalue weighted by molar-refractivity contribution is -0.136. The highest BCUT2D eigenvalue weighted by molar-refractivity contribution is 8.93. The van der Waals surface area contributed by atoms with E-state index in [1.807, 2.05) is 46.3 Å². The zero-order valence-corrected chi connectivity index (χ0v) is 32.2. The Morgan fingerprint density at radius 2 is 1.49 bits per heavy atom. The maximum Gasteiger partial charge on any atom is 0.334 e. The third kappa shape index (κ3) is 25.5. The van der Waals surface area contributed by atoms with Crippen LogP contribution in [0.15, 0.2) is 40.0 Å². The van der Waals surface area contributed by atoms with Gasteiger partial charge in [-0.15, -0.1) is 17.0 Å². The number of likely N-dealkylation sites (N-methyl/N-ethyl adjacent to an activating group) is 3. The number of aliphatic hydroxyl groups is 1. The molecule has 2 atom stereocenters. The van der Waals surface area contributed by atoms with Gasteiger partial charge in [-0.3, -0.25) is 16.5 Å². The minimum Gasteiger partial charge on any atom is -0.466 e. The van der Waals surface area contributed by atoms with Crippen LogP contribution in [0, 0.1) is 5.92 Å². The Morgan fingerprint density at radius 1 is 0.939 bits per heavy atom. The molecule has 1 saturated heterocycles. The molecule has 8 N–H and O–H groups in total. The lowest BCUT2D eigenvalue weighted by Gasteiger charge is -2.30. The number of nitrogens with one attached hydrogen (secondary N) is 1. The first-order valence-corrected chi connectivity index (χ1v) is 16.3. The summed E-state index contributed by atoms with van der Waals surface area (Å²) >= 11 is 0. The molecule has 0 aromatic carbocycles. The summed E-state index contributed by atoms with van der Waals surface area (Å²) in [6.07, 6.45) is 13.4. The van der Waals surface area contributed by atoms with Crippen LogP contribution < -0.4 is 17.1 Å². The van der Waals surface area contributed by atoms with Crippen molar-refractivity contribution >= 4 is 35.5 Å². The number of likely N-dealkylation sites (tertiary alicyclic amines) is 1. The molecular formula is C34H71BrN8O6. The second-order valence-electron chi connectivity index (χ2n) is 11.7. The summed E-state index contributed by atoms with van der Waals surface area (Å²) in [7, 11) is 9.68. The van der Waals surface area contributed by atoms with Crippen LogP contribution in [-0.2, 0) is 19.1 Å². The van der Waals surface area contributed by atoms with Crippen molar-refractivity contribution < 1.29 is 29.6 Å². The number of hydrazone groups is 1. The average molecular weight is 768 g/mol. The van der Waals surface area contributed by atoms with E-state index in [1.54, 1.807) is 0 Å². The van der Waals surface area contributed by atoms with E-state index >= 15 is 0 Å². The molecule has 5 aliphatic rings. The number of fused-ring (bicyclic) bond motifs is 1. The molecule has 1 fully saturated rings. The fraction of sp³-hybridized carbons (Fsp3) is 0.735. The number of aldehydes is 1. The van der Waals surface area contributed by atoms with Gasteiger partial charge in [-0.2, -0.15) is 5.10 Å². The molecular weight excluding hydrogens is 696 g/mol. The quantitative estimate of drug-likeness (QED) is 0.103. The van der Waals surface area contributed by atoms with Crippen molar-refractivity contribution in [3.63, 3.8) is 0 Å². The van der Waals surface area contributed by atoms with Gasteiger partial charge in [0.05, 0.1) is 19.8 Å². The van der Waals surface area contributed by atoms with E-state index in [0.717, 1.165) is 88.2 Å². The molecule has 0 aliphatic carbocycles. The maximum atomic E-state index is 11.0. The lowest BCUT2D eigenvalue weighted by Crippen LogP contribution is -2.43. The monoisotopic (exact) mass is 766 g/mol. The Hall–Kier alpha value is -2.05. The average Bonchev–Trinajstić information content (AvgIpc) is 3.55. The molecule has 5 heterocycles. The van der Waals surface area contributed by atoms with Gasteiger partial charge in [-0.05, 0) is 79.8 Å². The van der Waals surface area contributed by atoms with E-state index in [2.05, 4.69) is 66.7 Å². The third-order valence-electron chi connectivity index (χ3n) is 7.71. The van der Waals surface area contributed by atoms with Crippen molar-refractivity contribution in [2.75, 3.05) is 107 Å². The van der Waals surface area contributed by atoms with E-state index in [9.17, 15) is 9.59 Å². The van der Waals surface area contributed by atoms with Gasteiger partial charge in [0.1, 0.15) is 6.29 Å². The van der Waals surface area contributed by atoms with Crippen LogP contribution in [0.25, 0.3) is 0 Å². The van der Waals surface area contributed by atoms with Crippen molar-refractivity contribution in [3.8, 4) is 0 Å². The number of methoxy groups -OCH3 is 1. The van der Waals surface area contributed by atoms with Crippen molar-refractivity contribution in [3.05, 3.63) is 34.9 Å². The number of hydrogen-bond acceptors (Lipinski definition) is 13. The number of carbonyl (C=O) groups excluding carboxylic acids is 2. The van der Waals surface area contributed by atoms with E-state index in [4.69, 9.17) is 9.84 Å². The van der Waals surface area contributed by atoms with Crippen LogP contribution in [0.5, 0.6) is 0 Å². The number of ether oxygens (including phenoxy) is 2. The van der Waals surface area contributed by atoms with E-state index in [0.29, 0.717) is 18.5 Å². The minimum absolute atomic E-state index is 0. The number of piperidine rings is 1. The fourth-order valence-electron chi connectivity index (χ4n) is 5.18. The zero-order chi connectivity index (χ0) is 34.7. The molecule has 290 valence electrons. The number of nitrogens with zero attached hydrogens (tertiary/aromatic N) is 5. The second-order valence-corrected chi connectivity index (χ2v) is 11.7. The van der Waals surface area contributed by atoms with Crippen molar-refractivity contribution in [2.24, 2.45) is 22.7 Å². The summed E-state index contributed by atoms with van der Waals surface area (Å²) in [4.78, 5) is 30.0. The van der Waals surface area contributed by atoms with Gasteiger partial charge in [-0.1, -0.05) is 25.7 Å². The van der Waals surface area contributed by atoms with E-state index in [1.165, 1.54) is 26.6 Å². The highest BCUT2D eigenvalue weighted by atomic mass is 79.9. The Labute approximate surface area is 307 Å². The number of carbonyl (C=O) groups is 2. The summed E-state index contributed by atoms with van der Waals surface area (Å²) in [5.74, 6) is 8.47. The van der Waals surface area contributed by atoms with Gasteiger partial charge in [0.25, 0.3) is 0 Å². The molecule has 0 bridgehead atoms. The summed E-state index contributed by atoms with van der Waals surface area (Å²) < 4.78 is 9.44. The molecule has 49 heavy (non-hydrogen) atoms. The number of esters is 1. The van der Waals surface area contributed by atoms with Gasteiger partial charge in [0.15, 0.2) is 0 Å². The molecule has 0 amide bonds. The van der Waals surface area contributed by atoms with Gasteiger partial charge >= 0.3 is 5.97 Å². The van der Waals surface area contributed by atoms with Crippen LogP contribution in [0.1, 0.15) is 47.0 Å². The van der Waals surface area contributed by atoms with Crippen molar-refractivity contribution in [1.82, 2.24) is 25.0 Å². The maximum absolute atomic E-state index is 11.0. The standard InChI is InChI=1S/C8H13NO2.C7H13N3.C7H13NO.C7H11NO.C4H10O.CH4.BrH.H4N2.H2O/c1-9-5-3-4-7(6-9)8(10)11-2;1-10-3-2-7-6(5-10)4-8-9-7;2*1-8-4-2-3-7(5-8)6-9;1-3-5-4-2;;;1-2;/h4H,3,5-6H2,1-2H3;4,6-7,9H,2-3,5H2,1H3;3,9H,2,4-6H2,1H3;3,6H,2,4-5H2,1H3;3-4H2,1-2H3;1H4;1H;1-2H2;1H2. The highest BCUT2D eigenvalue weighted by Crippen LogP contribution is 2.17. The molecule has 0 aromatic rings. The number of hydrogen-bond donors (Lipinski definition) is 4. The molecule has 5 rings (SSSR count). The largest absolute Gasteiger partial charge is 0.466 e. The van der Waals surface area contributed by atoms with E-state index in [-0.39, 0.29) is 42.5 Å². The van der Waals surface area contributed by atoms with Crippen LogP contribution in [0.3, 0.4) is 0 Å². The fourth-order valence-corrected chi connectivity index (χ4v) is 5.18. The topological polar surface area (TPSA) is 194 Å². The Morgan fingerprint density at radius 3 is 1.92 bits per heavy atom. The number of aliphatic hydroxyl groups excluding tert-OH is 1. The normalized spacial score (nSPS) is 21.2. The van der Waals surface area contributed by atoms with Crippen molar-refractivity contribution in [2.45, 2.75) is 53.0 Å².